The van der Waals surface area contributed by atoms with E-state index in [-0.39, 0.29) is 29.7 Å². The van der Waals surface area contributed by atoms with Gasteiger partial charge in [0.2, 0.25) is 5.91 Å². The van der Waals surface area contributed by atoms with Crippen molar-refractivity contribution in [1.29, 1.82) is 0 Å². The molecule has 1 atom stereocenters. The molecule has 0 aromatic heterocycles. The summed E-state index contributed by atoms with van der Waals surface area (Å²) in [6.07, 6.45) is 0.272. The Balaban J connectivity index is 2.37. The molecular weight excluding hydrogens is 260 g/mol. The third kappa shape index (κ3) is 2.29. The summed E-state index contributed by atoms with van der Waals surface area (Å²) in [4.78, 5) is 12.9. The second kappa shape index (κ2) is 5.14. The maximum Gasteiger partial charge on any atom is 0.227 e. The van der Waals surface area contributed by atoms with Crippen LogP contribution in [0.4, 0.5) is 14.5 Å². The van der Waals surface area contributed by atoms with Crippen molar-refractivity contribution < 1.29 is 18.3 Å². The molecule has 98 valence electrons. The summed E-state index contributed by atoms with van der Waals surface area (Å²) >= 11 is 4.11. The van der Waals surface area contributed by atoms with Gasteiger partial charge in [-0.3, -0.25) is 4.79 Å². The molecule has 0 bridgehead atoms. The van der Waals surface area contributed by atoms with Gasteiger partial charge in [-0.05, 0) is 11.7 Å². The highest BCUT2D eigenvalue weighted by molar-refractivity contribution is 7.80. The third-order valence-electron chi connectivity index (χ3n) is 2.96. The lowest BCUT2D eigenvalue weighted by Crippen LogP contribution is -2.26. The summed E-state index contributed by atoms with van der Waals surface area (Å²) in [5, 5.41) is 0. The molecule has 1 aromatic rings. The fraction of sp³-hybridized carbons (Fsp3) is 0.417. The van der Waals surface area contributed by atoms with E-state index in [1.54, 1.807) is 0 Å². The number of carbonyl (C=O) groups excluding carboxylic acids is 1. The first-order valence-electron chi connectivity index (χ1n) is 5.51. The summed E-state index contributed by atoms with van der Waals surface area (Å²) < 4.78 is 32.4. The molecule has 0 spiro atoms. The van der Waals surface area contributed by atoms with Crippen LogP contribution in [-0.2, 0) is 4.79 Å². The van der Waals surface area contributed by atoms with Gasteiger partial charge >= 0.3 is 0 Å². The summed E-state index contributed by atoms with van der Waals surface area (Å²) in [6.45, 7) is 0.294. The molecule has 0 radical (unpaired) electrons. The highest BCUT2D eigenvalue weighted by Crippen LogP contribution is 2.32. The maximum absolute atomic E-state index is 13.8. The van der Waals surface area contributed by atoms with Crippen LogP contribution in [0.15, 0.2) is 12.1 Å². The Bertz CT molecular complexity index is 458. The molecule has 1 aliphatic rings. The van der Waals surface area contributed by atoms with E-state index in [4.69, 9.17) is 4.74 Å². The van der Waals surface area contributed by atoms with Gasteiger partial charge in [0.1, 0.15) is 11.4 Å². The molecule has 2 rings (SSSR count). The number of hydrogen-bond acceptors (Lipinski definition) is 3. The Morgan fingerprint density at radius 3 is 2.50 bits per heavy atom. The molecule has 3 nitrogen and oxygen atoms in total. The van der Waals surface area contributed by atoms with Crippen molar-refractivity contribution in [2.45, 2.75) is 6.42 Å². The lowest BCUT2D eigenvalue weighted by atomic mass is 10.1. The van der Waals surface area contributed by atoms with Crippen molar-refractivity contribution in [2.24, 2.45) is 5.92 Å². The molecule has 1 fully saturated rings. The molecule has 0 saturated carbocycles. The number of methoxy groups -OCH3 is 1. The lowest BCUT2D eigenvalue weighted by Gasteiger charge is -2.18. The number of halogens is 2. The first kappa shape index (κ1) is 13.1. The minimum atomic E-state index is -0.792. The third-order valence-corrected chi connectivity index (χ3v) is 3.48. The van der Waals surface area contributed by atoms with Gasteiger partial charge in [0.05, 0.1) is 7.11 Å². The molecule has 6 heteroatoms. The molecule has 1 unspecified atom stereocenters. The van der Waals surface area contributed by atoms with Crippen LogP contribution in [0, 0.1) is 17.6 Å². The molecule has 0 N–H and O–H groups in total. The highest BCUT2D eigenvalue weighted by atomic mass is 32.1. The van der Waals surface area contributed by atoms with Gasteiger partial charge in [-0.25, -0.2) is 8.78 Å². The number of hydrogen-bond donors (Lipinski definition) is 1. The van der Waals surface area contributed by atoms with Crippen molar-refractivity contribution in [3.05, 3.63) is 23.8 Å². The number of benzene rings is 1. The molecule has 1 aliphatic heterocycles. The summed E-state index contributed by atoms with van der Waals surface area (Å²) in [6, 6.07) is 2.14. The van der Waals surface area contributed by atoms with Gasteiger partial charge in [0, 0.05) is 25.1 Å². The summed E-state index contributed by atoms with van der Waals surface area (Å²) in [7, 11) is 1.33. The monoisotopic (exact) mass is 273 g/mol. The summed E-state index contributed by atoms with van der Waals surface area (Å²) in [5.41, 5.74) is -0.301. The second-order valence-electron chi connectivity index (χ2n) is 4.20. The minimum absolute atomic E-state index is 0.0294. The quantitative estimate of drug-likeness (QED) is 0.856. The van der Waals surface area contributed by atoms with Crippen molar-refractivity contribution in [3.63, 3.8) is 0 Å². The number of ether oxygens (including phenoxy) is 1. The highest BCUT2D eigenvalue weighted by Gasteiger charge is 2.33. The van der Waals surface area contributed by atoms with Crippen LogP contribution < -0.4 is 9.64 Å². The van der Waals surface area contributed by atoms with E-state index in [0.29, 0.717) is 12.3 Å². The van der Waals surface area contributed by atoms with Gasteiger partial charge in [-0.1, -0.05) is 0 Å². The zero-order valence-electron chi connectivity index (χ0n) is 9.82. The van der Waals surface area contributed by atoms with Gasteiger partial charge in [0.25, 0.3) is 0 Å². The fourth-order valence-corrected chi connectivity index (χ4v) is 2.28. The fourth-order valence-electron chi connectivity index (χ4n) is 2.04. The van der Waals surface area contributed by atoms with Crippen LogP contribution in [0.5, 0.6) is 5.75 Å². The average Bonchev–Trinajstić information content (AvgIpc) is 2.70. The van der Waals surface area contributed by atoms with E-state index in [1.807, 2.05) is 0 Å². The molecule has 18 heavy (non-hydrogen) atoms. The number of nitrogens with zero attached hydrogens (tertiary/aromatic N) is 1. The molecule has 1 aromatic carbocycles. The van der Waals surface area contributed by atoms with E-state index in [9.17, 15) is 13.6 Å². The standard InChI is InChI=1S/C12H13F2NO2S/c1-17-8-3-9(13)12(10(14)4-8)15-5-7(6-18)2-11(15)16/h3-4,7,18H,2,5-6H2,1H3. The number of carbonyl (C=O) groups is 1. The average molecular weight is 273 g/mol. The van der Waals surface area contributed by atoms with Crippen LogP contribution in [0.3, 0.4) is 0 Å². The van der Waals surface area contributed by atoms with Crippen LogP contribution in [0.2, 0.25) is 0 Å². The lowest BCUT2D eigenvalue weighted by molar-refractivity contribution is -0.117. The maximum atomic E-state index is 13.8. The predicted octanol–water partition coefficient (Wildman–Crippen LogP) is 2.26. The molecule has 1 amide bonds. The van der Waals surface area contributed by atoms with E-state index in [2.05, 4.69) is 12.6 Å². The molecule has 1 saturated heterocycles. The van der Waals surface area contributed by atoms with E-state index < -0.39 is 11.6 Å². The zero-order chi connectivity index (χ0) is 13.3. The summed E-state index contributed by atoms with van der Waals surface area (Å²) in [5.74, 6) is -1.23. The zero-order valence-corrected chi connectivity index (χ0v) is 10.7. The van der Waals surface area contributed by atoms with Gasteiger partial charge in [0.15, 0.2) is 11.6 Å². The first-order valence-corrected chi connectivity index (χ1v) is 6.14. The van der Waals surface area contributed by atoms with Crippen LogP contribution in [0.25, 0.3) is 0 Å². The number of amides is 1. The molecular formula is C12H13F2NO2S. The Morgan fingerprint density at radius 1 is 1.44 bits per heavy atom. The van der Waals surface area contributed by atoms with Gasteiger partial charge in [-0.15, -0.1) is 0 Å². The number of thiol groups is 1. The minimum Gasteiger partial charge on any atom is -0.497 e. The Hall–Kier alpha value is -1.30. The SMILES string of the molecule is COc1cc(F)c(N2CC(CS)CC2=O)c(F)c1. The van der Waals surface area contributed by atoms with E-state index in [0.717, 1.165) is 17.0 Å². The van der Waals surface area contributed by atoms with E-state index >= 15 is 0 Å². The van der Waals surface area contributed by atoms with Crippen LogP contribution in [-0.4, -0.2) is 25.3 Å². The van der Waals surface area contributed by atoms with Crippen LogP contribution >= 0.6 is 12.6 Å². The molecule has 1 heterocycles. The van der Waals surface area contributed by atoms with Crippen molar-refractivity contribution >= 4 is 24.2 Å². The van der Waals surface area contributed by atoms with E-state index in [1.165, 1.54) is 7.11 Å². The largest absolute Gasteiger partial charge is 0.497 e. The Labute approximate surface area is 109 Å². The smallest absolute Gasteiger partial charge is 0.227 e. The van der Waals surface area contributed by atoms with Gasteiger partial charge < -0.3 is 9.64 Å². The topological polar surface area (TPSA) is 29.5 Å². The number of rotatable bonds is 3. The number of anilines is 1. The normalized spacial score (nSPS) is 19.4. The Kier molecular flexibility index (Phi) is 3.75. The van der Waals surface area contributed by atoms with Crippen molar-refractivity contribution in [3.8, 4) is 5.75 Å². The second-order valence-corrected chi connectivity index (χ2v) is 4.56. The Morgan fingerprint density at radius 2 is 2.06 bits per heavy atom. The predicted molar refractivity (Wildman–Crippen MR) is 67.2 cm³/mol. The van der Waals surface area contributed by atoms with Crippen LogP contribution in [0.1, 0.15) is 6.42 Å². The van der Waals surface area contributed by atoms with Crippen molar-refractivity contribution in [1.82, 2.24) is 0 Å². The van der Waals surface area contributed by atoms with Gasteiger partial charge in [-0.2, -0.15) is 12.6 Å². The van der Waals surface area contributed by atoms with Crippen molar-refractivity contribution in [2.75, 3.05) is 24.3 Å². The first-order chi connectivity index (χ1) is 8.56. The molecule has 0 aliphatic carbocycles.